The smallest absolute Gasteiger partial charge is 0.110 e. The predicted octanol–water partition coefficient (Wildman–Crippen LogP) is 3.30. The quantitative estimate of drug-likeness (QED) is 0.909. The van der Waals surface area contributed by atoms with E-state index in [1.54, 1.807) is 0 Å². The van der Waals surface area contributed by atoms with Crippen molar-refractivity contribution in [1.82, 2.24) is 9.88 Å². The van der Waals surface area contributed by atoms with E-state index in [1.165, 1.54) is 41.9 Å². The van der Waals surface area contributed by atoms with Gasteiger partial charge in [0.05, 0.1) is 11.4 Å². The first-order valence-corrected chi connectivity index (χ1v) is 8.54. The summed E-state index contributed by atoms with van der Waals surface area (Å²) >= 11 is 0. The monoisotopic (exact) mass is 308 g/mol. The maximum absolute atomic E-state index is 4.66. The van der Waals surface area contributed by atoms with E-state index in [-0.39, 0.29) is 6.17 Å². The van der Waals surface area contributed by atoms with Crippen LogP contribution in [0, 0.1) is 0 Å². The van der Waals surface area contributed by atoms with E-state index in [9.17, 15) is 0 Å². The van der Waals surface area contributed by atoms with E-state index in [1.807, 2.05) is 6.20 Å². The zero-order valence-corrected chi connectivity index (χ0v) is 13.6. The molecular formula is C19H24N4. The van der Waals surface area contributed by atoms with E-state index < -0.39 is 0 Å². The third-order valence-electron chi connectivity index (χ3n) is 4.92. The molecule has 0 saturated heterocycles. The first kappa shape index (κ1) is 14.5. The van der Waals surface area contributed by atoms with E-state index in [0.717, 1.165) is 13.1 Å². The average Bonchev–Trinajstić information content (AvgIpc) is 2.97. The largest absolute Gasteiger partial charge is 0.363 e. The van der Waals surface area contributed by atoms with Crippen molar-refractivity contribution in [3.63, 3.8) is 0 Å². The molecule has 0 bridgehead atoms. The van der Waals surface area contributed by atoms with Gasteiger partial charge in [-0.15, -0.1) is 0 Å². The SMILES string of the molecule is CN(CC1Nc2ccccc2N1)CC1CCCc2cccnc21. The van der Waals surface area contributed by atoms with Crippen LogP contribution in [-0.2, 0) is 6.42 Å². The summed E-state index contributed by atoms with van der Waals surface area (Å²) in [5, 5.41) is 7.11. The molecule has 1 unspecified atom stereocenters. The summed E-state index contributed by atoms with van der Waals surface area (Å²) < 4.78 is 0. The molecule has 1 aliphatic heterocycles. The highest BCUT2D eigenvalue weighted by molar-refractivity contribution is 5.74. The highest BCUT2D eigenvalue weighted by Gasteiger charge is 2.25. The minimum absolute atomic E-state index is 0.282. The van der Waals surface area contributed by atoms with Gasteiger partial charge < -0.3 is 15.5 Å². The Morgan fingerprint density at radius 1 is 1.09 bits per heavy atom. The Labute approximate surface area is 137 Å². The number of likely N-dealkylation sites (N-methyl/N-ethyl adjacent to an activating group) is 1. The maximum atomic E-state index is 4.66. The number of hydrogen-bond donors (Lipinski definition) is 2. The standard InChI is InChI=1S/C19H24N4/c1-23(13-18-21-16-9-2-3-10-17(16)22-18)12-15-7-4-6-14-8-5-11-20-19(14)15/h2-3,5,8-11,15,18,21-22H,4,6-7,12-13H2,1H3. The van der Waals surface area contributed by atoms with Crippen LogP contribution in [-0.4, -0.2) is 36.2 Å². The summed E-state index contributed by atoms with van der Waals surface area (Å²) in [7, 11) is 2.21. The molecule has 0 spiro atoms. The van der Waals surface area contributed by atoms with Gasteiger partial charge in [0.2, 0.25) is 0 Å². The highest BCUT2D eigenvalue weighted by atomic mass is 15.3. The molecule has 2 aliphatic rings. The summed E-state index contributed by atoms with van der Waals surface area (Å²) in [4.78, 5) is 7.08. The van der Waals surface area contributed by atoms with Crippen LogP contribution >= 0.6 is 0 Å². The zero-order valence-electron chi connectivity index (χ0n) is 13.6. The molecule has 4 rings (SSSR count). The van der Waals surface area contributed by atoms with E-state index >= 15 is 0 Å². The van der Waals surface area contributed by atoms with Crippen molar-refractivity contribution < 1.29 is 0 Å². The number of rotatable bonds is 4. The molecule has 1 aliphatic carbocycles. The van der Waals surface area contributed by atoms with Gasteiger partial charge in [-0.25, -0.2) is 0 Å². The van der Waals surface area contributed by atoms with Gasteiger partial charge >= 0.3 is 0 Å². The van der Waals surface area contributed by atoms with Gasteiger partial charge in [0, 0.05) is 30.9 Å². The molecule has 2 N–H and O–H groups in total. The van der Waals surface area contributed by atoms with Gasteiger partial charge in [-0.2, -0.15) is 0 Å². The second-order valence-corrected chi connectivity index (χ2v) is 6.74. The Morgan fingerprint density at radius 3 is 2.65 bits per heavy atom. The second kappa shape index (κ2) is 6.20. The molecule has 4 heteroatoms. The lowest BCUT2D eigenvalue weighted by molar-refractivity contribution is 0.290. The number of pyridine rings is 1. The fraction of sp³-hybridized carbons (Fsp3) is 0.421. The first-order valence-electron chi connectivity index (χ1n) is 8.54. The van der Waals surface area contributed by atoms with Crippen LogP contribution in [0.1, 0.15) is 30.0 Å². The molecule has 1 aromatic heterocycles. The molecule has 0 amide bonds. The number of nitrogens with one attached hydrogen (secondary N) is 2. The molecule has 1 aromatic carbocycles. The summed E-state index contributed by atoms with van der Waals surface area (Å²) in [6.07, 6.45) is 5.94. The fourth-order valence-corrected chi connectivity index (χ4v) is 3.88. The fourth-order valence-electron chi connectivity index (χ4n) is 3.88. The lowest BCUT2D eigenvalue weighted by Gasteiger charge is -2.29. The third-order valence-corrected chi connectivity index (χ3v) is 4.92. The normalized spacial score (nSPS) is 19.8. The molecule has 2 heterocycles. The van der Waals surface area contributed by atoms with E-state index in [2.05, 4.69) is 64.0 Å². The number of benzene rings is 1. The summed E-state index contributed by atoms with van der Waals surface area (Å²) in [6, 6.07) is 12.7. The average molecular weight is 308 g/mol. The highest BCUT2D eigenvalue weighted by Crippen LogP contribution is 2.31. The number of nitrogens with zero attached hydrogens (tertiary/aromatic N) is 2. The van der Waals surface area contributed by atoms with Crippen LogP contribution in [0.4, 0.5) is 11.4 Å². The Balaban J connectivity index is 1.38. The second-order valence-electron chi connectivity index (χ2n) is 6.74. The lowest BCUT2D eigenvalue weighted by Crippen LogP contribution is -2.39. The number of para-hydroxylation sites is 2. The van der Waals surface area contributed by atoms with Gasteiger partial charge in [-0.3, -0.25) is 4.98 Å². The Bertz CT molecular complexity index is 660. The van der Waals surface area contributed by atoms with Crippen molar-refractivity contribution in [3.8, 4) is 0 Å². The minimum Gasteiger partial charge on any atom is -0.363 e. The van der Waals surface area contributed by atoms with Crippen LogP contribution in [0.25, 0.3) is 0 Å². The lowest BCUT2D eigenvalue weighted by atomic mass is 9.86. The molecule has 4 nitrogen and oxygen atoms in total. The van der Waals surface area contributed by atoms with Crippen molar-refractivity contribution in [1.29, 1.82) is 0 Å². The van der Waals surface area contributed by atoms with Crippen LogP contribution in [0.15, 0.2) is 42.6 Å². The first-order chi connectivity index (χ1) is 11.3. The predicted molar refractivity (Wildman–Crippen MR) is 94.9 cm³/mol. The van der Waals surface area contributed by atoms with Gasteiger partial charge in [0.25, 0.3) is 0 Å². The number of aromatic nitrogens is 1. The number of hydrogen-bond acceptors (Lipinski definition) is 4. The molecule has 0 saturated carbocycles. The maximum Gasteiger partial charge on any atom is 0.110 e. The third kappa shape index (κ3) is 3.04. The zero-order chi connectivity index (χ0) is 15.6. The molecule has 120 valence electrons. The molecule has 0 fully saturated rings. The van der Waals surface area contributed by atoms with Crippen molar-refractivity contribution >= 4 is 11.4 Å². The van der Waals surface area contributed by atoms with Gasteiger partial charge in [0.15, 0.2) is 0 Å². The van der Waals surface area contributed by atoms with Crippen LogP contribution in [0.2, 0.25) is 0 Å². The minimum atomic E-state index is 0.282. The number of fused-ring (bicyclic) bond motifs is 2. The van der Waals surface area contributed by atoms with Crippen molar-refractivity contribution in [3.05, 3.63) is 53.9 Å². The molecule has 0 radical (unpaired) electrons. The van der Waals surface area contributed by atoms with Crippen molar-refractivity contribution in [2.75, 3.05) is 30.8 Å². The number of aryl methyl sites for hydroxylation is 1. The Hall–Kier alpha value is -2.07. The summed E-state index contributed by atoms with van der Waals surface area (Å²) in [6.45, 7) is 2.05. The summed E-state index contributed by atoms with van der Waals surface area (Å²) in [5.74, 6) is 0.564. The van der Waals surface area contributed by atoms with Crippen molar-refractivity contribution in [2.24, 2.45) is 0 Å². The Morgan fingerprint density at radius 2 is 1.87 bits per heavy atom. The summed E-state index contributed by atoms with van der Waals surface area (Å²) in [5.41, 5.74) is 5.18. The molecular weight excluding hydrogens is 284 g/mol. The van der Waals surface area contributed by atoms with Gasteiger partial charge in [0.1, 0.15) is 6.17 Å². The number of anilines is 2. The van der Waals surface area contributed by atoms with Crippen LogP contribution < -0.4 is 10.6 Å². The molecule has 2 aromatic rings. The topological polar surface area (TPSA) is 40.2 Å². The molecule has 1 atom stereocenters. The van der Waals surface area contributed by atoms with Gasteiger partial charge in [-0.05, 0) is 50.1 Å². The van der Waals surface area contributed by atoms with E-state index in [4.69, 9.17) is 0 Å². The van der Waals surface area contributed by atoms with E-state index in [0.29, 0.717) is 5.92 Å². The van der Waals surface area contributed by atoms with Crippen LogP contribution in [0.3, 0.4) is 0 Å². The molecule has 23 heavy (non-hydrogen) atoms. The van der Waals surface area contributed by atoms with Gasteiger partial charge in [-0.1, -0.05) is 18.2 Å². The van der Waals surface area contributed by atoms with Crippen molar-refractivity contribution in [2.45, 2.75) is 31.3 Å². The van der Waals surface area contributed by atoms with Crippen LogP contribution in [0.5, 0.6) is 0 Å². The Kier molecular flexibility index (Phi) is 3.92.